The van der Waals surface area contributed by atoms with E-state index in [4.69, 9.17) is 10.2 Å². The number of benzene rings is 2. The molecular formula is C24H19F2N5. The van der Waals surface area contributed by atoms with Crippen molar-refractivity contribution in [2.45, 2.75) is 18.6 Å². The lowest BCUT2D eigenvalue weighted by Crippen LogP contribution is -2.32. The highest BCUT2D eigenvalue weighted by Crippen LogP contribution is 2.34. The number of halogens is 2. The molecule has 0 amide bonds. The van der Waals surface area contributed by atoms with Crippen molar-refractivity contribution in [2.24, 2.45) is 0 Å². The number of nitrogens with one attached hydrogen (secondary N) is 1. The van der Waals surface area contributed by atoms with Crippen molar-refractivity contribution in [3.63, 3.8) is 0 Å². The quantitative estimate of drug-likeness (QED) is 0.534. The fraction of sp³-hybridized carbons (Fsp3) is 0.208. The molecule has 1 N–H and O–H groups in total. The smallest absolute Gasteiger partial charge is 0.144 e. The molecule has 0 aliphatic carbocycles. The Bertz CT molecular complexity index is 1280. The summed E-state index contributed by atoms with van der Waals surface area (Å²) >= 11 is 0. The molecule has 1 aliphatic heterocycles. The second kappa shape index (κ2) is 7.56. The van der Waals surface area contributed by atoms with Crippen molar-refractivity contribution in [3.8, 4) is 28.5 Å². The highest BCUT2D eigenvalue weighted by atomic mass is 19.1. The lowest BCUT2D eigenvalue weighted by molar-refractivity contribution is 0.158. The van der Waals surface area contributed by atoms with Crippen LogP contribution in [0.4, 0.5) is 8.78 Å². The first kappa shape index (κ1) is 19.3. The van der Waals surface area contributed by atoms with Crippen molar-refractivity contribution < 1.29 is 8.78 Å². The van der Waals surface area contributed by atoms with Gasteiger partial charge < -0.3 is 5.32 Å². The lowest BCUT2D eigenvalue weighted by Gasteiger charge is -2.19. The van der Waals surface area contributed by atoms with Crippen molar-refractivity contribution in [3.05, 3.63) is 72.2 Å². The number of nitriles is 1. The molecule has 0 spiro atoms. The fourth-order valence-corrected chi connectivity index (χ4v) is 4.02. The van der Waals surface area contributed by atoms with Gasteiger partial charge in [-0.05, 0) is 61.0 Å². The van der Waals surface area contributed by atoms with Crippen LogP contribution < -0.4 is 5.32 Å². The summed E-state index contributed by atoms with van der Waals surface area (Å²) in [5, 5.41) is 16.6. The maximum Gasteiger partial charge on any atom is 0.144 e. The molecule has 5 rings (SSSR count). The van der Waals surface area contributed by atoms with E-state index in [9.17, 15) is 4.39 Å². The van der Waals surface area contributed by atoms with Crippen molar-refractivity contribution >= 4 is 11.0 Å². The Morgan fingerprint density at radius 2 is 1.84 bits per heavy atom. The molecule has 5 nitrogen and oxygen atoms in total. The molecule has 154 valence electrons. The largest absolute Gasteiger partial charge is 0.313 e. The third-order valence-corrected chi connectivity index (χ3v) is 5.70. The van der Waals surface area contributed by atoms with Crippen LogP contribution in [-0.2, 0) is 6.54 Å². The van der Waals surface area contributed by atoms with Gasteiger partial charge in [-0.3, -0.25) is 4.68 Å². The van der Waals surface area contributed by atoms with Crippen LogP contribution in [0.3, 0.4) is 0 Å². The average Bonchev–Trinajstić information content (AvgIpc) is 3.39. The molecule has 4 aromatic rings. The van der Waals surface area contributed by atoms with E-state index < -0.39 is 5.67 Å². The van der Waals surface area contributed by atoms with Gasteiger partial charge in [-0.25, -0.2) is 13.8 Å². The Balaban J connectivity index is 1.67. The maximum absolute atomic E-state index is 15.1. The first-order chi connectivity index (χ1) is 15.0. The van der Waals surface area contributed by atoms with Gasteiger partial charge in [-0.2, -0.15) is 10.4 Å². The normalized spacial score (nSPS) is 18.4. The van der Waals surface area contributed by atoms with E-state index in [0.717, 1.165) is 22.2 Å². The third-order valence-electron chi connectivity index (χ3n) is 5.70. The number of alkyl halides is 1. The molecule has 1 fully saturated rings. The second-order valence-electron chi connectivity index (χ2n) is 7.86. The first-order valence-corrected chi connectivity index (χ1v) is 10.1. The predicted molar refractivity (Wildman–Crippen MR) is 114 cm³/mol. The Kier molecular flexibility index (Phi) is 4.72. The van der Waals surface area contributed by atoms with Gasteiger partial charge in [0.05, 0.1) is 35.6 Å². The maximum atomic E-state index is 15.1. The molecule has 2 aromatic heterocycles. The lowest BCUT2D eigenvalue weighted by atomic mass is 9.98. The molecule has 3 heterocycles. The number of fused-ring (bicyclic) bond motifs is 1. The topological polar surface area (TPSA) is 66.5 Å². The minimum atomic E-state index is -1.34. The van der Waals surface area contributed by atoms with Crippen LogP contribution in [0, 0.1) is 17.1 Å². The molecule has 1 saturated heterocycles. The Hall–Kier alpha value is -3.63. The summed E-state index contributed by atoms with van der Waals surface area (Å²) in [6.07, 6.45) is 2.08. The van der Waals surface area contributed by atoms with Crippen molar-refractivity contribution in [2.75, 3.05) is 13.1 Å². The molecular weight excluding hydrogens is 396 g/mol. The summed E-state index contributed by atoms with van der Waals surface area (Å²) < 4.78 is 30.2. The number of pyridine rings is 1. The summed E-state index contributed by atoms with van der Waals surface area (Å²) in [4.78, 5) is 4.80. The summed E-state index contributed by atoms with van der Waals surface area (Å²) in [5.74, 6) is -0.323. The van der Waals surface area contributed by atoms with Gasteiger partial charge >= 0.3 is 0 Å². The zero-order valence-electron chi connectivity index (χ0n) is 16.6. The number of nitrogens with zero attached hydrogens (tertiary/aromatic N) is 4. The van der Waals surface area contributed by atoms with E-state index in [-0.39, 0.29) is 12.4 Å². The number of aromatic nitrogens is 3. The molecule has 0 radical (unpaired) electrons. The monoisotopic (exact) mass is 415 g/mol. The van der Waals surface area contributed by atoms with Gasteiger partial charge in [0, 0.05) is 17.7 Å². The second-order valence-corrected chi connectivity index (χ2v) is 7.86. The summed E-state index contributed by atoms with van der Waals surface area (Å²) in [6.45, 7) is 1.10. The zero-order valence-corrected chi connectivity index (χ0v) is 16.6. The Morgan fingerprint density at radius 3 is 2.52 bits per heavy atom. The predicted octanol–water partition coefficient (Wildman–Crippen LogP) is 4.48. The van der Waals surface area contributed by atoms with Crippen molar-refractivity contribution in [1.82, 2.24) is 20.1 Å². The summed E-state index contributed by atoms with van der Waals surface area (Å²) in [7, 11) is 0. The van der Waals surface area contributed by atoms with Crippen LogP contribution in [0.2, 0.25) is 0 Å². The number of hydrogen-bond acceptors (Lipinski definition) is 4. The minimum Gasteiger partial charge on any atom is -0.313 e. The third kappa shape index (κ3) is 3.66. The van der Waals surface area contributed by atoms with Crippen LogP contribution in [0.15, 0.2) is 60.8 Å². The van der Waals surface area contributed by atoms with Gasteiger partial charge in [0.2, 0.25) is 0 Å². The number of hydrogen-bond donors (Lipinski definition) is 1. The fourth-order valence-electron chi connectivity index (χ4n) is 4.02. The number of rotatable bonds is 4. The Labute approximate surface area is 178 Å². The van der Waals surface area contributed by atoms with Gasteiger partial charge in [-0.15, -0.1) is 0 Å². The Morgan fingerprint density at radius 1 is 1.10 bits per heavy atom. The van der Waals surface area contributed by atoms with E-state index in [2.05, 4.69) is 16.5 Å². The molecule has 0 saturated carbocycles. The summed E-state index contributed by atoms with van der Waals surface area (Å²) in [6, 6.07) is 17.4. The highest BCUT2D eigenvalue weighted by molar-refractivity contribution is 5.90. The molecule has 7 heteroatoms. The van der Waals surface area contributed by atoms with Gasteiger partial charge in [0.1, 0.15) is 17.0 Å². The molecule has 31 heavy (non-hydrogen) atoms. The summed E-state index contributed by atoms with van der Waals surface area (Å²) in [5.41, 5.74) is 3.69. The minimum absolute atomic E-state index is 0.147. The van der Waals surface area contributed by atoms with Crippen LogP contribution in [-0.4, -0.2) is 33.5 Å². The van der Waals surface area contributed by atoms with E-state index >= 15 is 4.39 Å². The molecule has 2 aromatic carbocycles. The SMILES string of the molecule is N#Cc1ccc(-c2cc3c(cnn3CC3(F)CCNC3)nc2-c2ccc(F)cc2)cc1. The first-order valence-electron chi connectivity index (χ1n) is 10.1. The van der Waals surface area contributed by atoms with Crippen LogP contribution in [0.5, 0.6) is 0 Å². The standard InChI is InChI=1S/C24H19F2N5/c25-19-7-5-18(6-8-19)23-20(17-3-1-16(12-27)2-4-17)11-22-21(30-23)13-29-31(22)15-24(26)9-10-28-14-24/h1-8,11,13,28H,9-10,14-15H2. The molecule has 0 bridgehead atoms. The molecule has 1 unspecified atom stereocenters. The van der Waals surface area contributed by atoms with Gasteiger partial charge in [0.15, 0.2) is 0 Å². The zero-order chi connectivity index (χ0) is 21.4. The van der Waals surface area contributed by atoms with E-state index in [1.807, 2.05) is 18.2 Å². The molecule has 1 aliphatic rings. The van der Waals surface area contributed by atoms with Gasteiger partial charge in [-0.1, -0.05) is 12.1 Å². The highest BCUT2D eigenvalue weighted by Gasteiger charge is 2.34. The van der Waals surface area contributed by atoms with Crippen LogP contribution in [0.1, 0.15) is 12.0 Å². The average molecular weight is 415 g/mol. The van der Waals surface area contributed by atoms with Crippen molar-refractivity contribution in [1.29, 1.82) is 5.26 Å². The van der Waals surface area contributed by atoms with E-state index in [1.165, 1.54) is 12.1 Å². The van der Waals surface area contributed by atoms with E-state index in [1.54, 1.807) is 35.1 Å². The van der Waals surface area contributed by atoms with Crippen LogP contribution >= 0.6 is 0 Å². The van der Waals surface area contributed by atoms with Crippen LogP contribution in [0.25, 0.3) is 33.4 Å². The van der Waals surface area contributed by atoms with E-state index in [0.29, 0.717) is 36.3 Å². The molecule has 1 atom stereocenters. The van der Waals surface area contributed by atoms with Gasteiger partial charge in [0.25, 0.3) is 0 Å².